The molecule has 0 unspecified atom stereocenters. The maximum absolute atomic E-state index is 12.2. The van der Waals surface area contributed by atoms with Crippen molar-refractivity contribution in [2.45, 2.75) is 13.0 Å². The predicted molar refractivity (Wildman–Crippen MR) is 88.1 cm³/mol. The smallest absolute Gasteiger partial charge is 0.318 e. The Morgan fingerprint density at radius 1 is 1.09 bits per heavy atom. The molecule has 2 rings (SSSR count). The average Bonchev–Trinajstić information content (AvgIpc) is 2.54. The van der Waals surface area contributed by atoms with E-state index in [1.54, 1.807) is 36.4 Å². The molecule has 0 aliphatic heterocycles. The molecule has 6 nitrogen and oxygen atoms in total. The van der Waals surface area contributed by atoms with Gasteiger partial charge in [0.1, 0.15) is 11.8 Å². The van der Waals surface area contributed by atoms with E-state index >= 15 is 0 Å². The Labute approximate surface area is 134 Å². The van der Waals surface area contributed by atoms with Crippen LogP contribution in [0.4, 0.5) is 10.5 Å². The summed E-state index contributed by atoms with van der Waals surface area (Å²) in [7, 11) is 0. The molecule has 120 valence electrons. The minimum Gasteiger partial charge on any atom is -0.494 e. The van der Waals surface area contributed by atoms with Gasteiger partial charge in [0.2, 0.25) is 0 Å². The number of urea groups is 1. The van der Waals surface area contributed by atoms with Crippen molar-refractivity contribution in [1.29, 1.82) is 0 Å². The molecule has 3 amide bonds. The van der Waals surface area contributed by atoms with Crippen LogP contribution in [0.3, 0.4) is 0 Å². The summed E-state index contributed by atoms with van der Waals surface area (Å²) in [5.74, 6) is 0.230. The van der Waals surface area contributed by atoms with Crippen LogP contribution in [0.5, 0.6) is 5.75 Å². The monoisotopic (exact) mass is 313 g/mol. The van der Waals surface area contributed by atoms with E-state index in [1.165, 1.54) is 0 Å². The Morgan fingerprint density at radius 2 is 1.74 bits per heavy atom. The zero-order chi connectivity index (χ0) is 16.7. The summed E-state index contributed by atoms with van der Waals surface area (Å²) < 4.78 is 5.38. The third-order valence-corrected chi connectivity index (χ3v) is 3.12. The molecule has 0 aliphatic carbocycles. The van der Waals surface area contributed by atoms with Gasteiger partial charge in [-0.25, -0.2) is 4.79 Å². The SMILES string of the molecule is CCOc1ccc(N[C@@H](C(=O)NC(N)=O)c2ccccc2)cc1. The number of nitrogens with one attached hydrogen (secondary N) is 2. The van der Waals surface area contributed by atoms with Crippen LogP contribution in [0.15, 0.2) is 54.6 Å². The standard InChI is InChI=1S/C17H19N3O3/c1-2-23-14-10-8-13(9-11-14)19-15(16(21)20-17(18)22)12-6-4-3-5-7-12/h3-11,15,19H,2H2,1H3,(H3,18,20,21,22)/t15-/m1/s1. The largest absolute Gasteiger partial charge is 0.494 e. The fourth-order valence-corrected chi connectivity index (χ4v) is 2.12. The van der Waals surface area contributed by atoms with Crippen molar-refractivity contribution in [1.82, 2.24) is 5.32 Å². The molecule has 0 radical (unpaired) electrons. The molecule has 2 aromatic carbocycles. The number of carbonyl (C=O) groups excluding carboxylic acids is 2. The van der Waals surface area contributed by atoms with Gasteiger partial charge in [-0.3, -0.25) is 10.1 Å². The lowest BCUT2D eigenvalue weighted by Gasteiger charge is -2.19. The summed E-state index contributed by atoms with van der Waals surface area (Å²) in [6.45, 7) is 2.49. The van der Waals surface area contributed by atoms with E-state index in [-0.39, 0.29) is 0 Å². The summed E-state index contributed by atoms with van der Waals surface area (Å²) in [5.41, 5.74) is 6.49. The van der Waals surface area contributed by atoms with E-state index in [1.807, 2.05) is 25.1 Å². The fourth-order valence-electron chi connectivity index (χ4n) is 2.12. The Bertz CT molecular complexity index is 657. The maximum atomic E-state index is 12.2. The maximum Gasteiger partial charge on any atom is 0.318 e. The first kappa shape index (κ1) is 16.4. The van der Waals surface area contributed by atoms with E-state index < -0.39 is 18.0 Å². The van der Waals surface area contributed by atoms with Gasteiger partial charge in [0.25, 0.3) is 5.91 Å². The molecule has 0 spiro atoms. The highest BCUT2D eigenvalue weighted by atomic mass is 16.5. The van der Waals surface area contributed by atoms with Crippen LogP contribution in [0.1, 0.15) is 18.5 Å². The van der Waals surface area contributed by atoms with Crippen molar-refractivity contribution >= 4 is 17.6 Å². The first-order valence-corrected chi connectivity index (χ1v) is 7.24. The molecular weight excluding hydrogens is 294 g/mol. The van der Waals surface area contributed by atoms with Gasteiger partial charge >= 0.3 is 6.03 Å². The lowest BCUT2D eigenvalue weighted by molar-refractivity contribution is -0.120. The zero-order valence-corrected chi connectivity index (χ0v) is 12.8. The number of rotatable bonds is 6. The highest BCUT2D eigenvalue weighted by molar-refractivity contribution is 5.98. The van der Waals surface area contributed by atoms with Gasteiger partial charge in [0, 0.05) is 5.69 Å². The van der Waals surface area contributed by atoms with Gasteiger partial charge in [-0.1, -0.05) is 30.3 Å². The number of nitrogens with two attached hydrogens (primary N) is 1. The van der Waals surface area contributed by atoms with Crippen LogP contribution in [-0.2, 0) is 4.79 Å². The summed E-state index contributed by atoms with van der Waals surface area (Å²) in [5, 5.41) is 5.20. The summed E-state index contributed by atoms with van der Waals surface area (Å²) in [6.07, 6.45) is 0. The van der Waals surface area contributed by atoms with Crippen LogP contribution >= 0.6 is 0 Å². The Hall–Kier alpha value is -3.02. The Balaban J connectivity index is 2.20. The number of imide groups is 1. The molecule has 0 bridgehead atoms. The second-order valence-electron chi connectivity index (χ2n) is 4.80. The number of hydrogen-bond acceptors (Lipinski definition) is 4. The van der Waals surface area contributed by atoms with Crippen molar-refractivity contribution in [3.63, 3.8) is 0 Å². The highest BCUT2D eigenvalue weighted by Crippen LogP contribution is 2.22. The van der Waals surface area contributed by atoms with Crippen LogP contribution in [-0.4, -0.2) is 18.5 Å². The molecule has 0 aromatic heterocycles. The normalized spacial score (nSPS) is 11.3. The average molecular weight is 313 g/mol. The lowest BCUT2D eigenvalue weighted by Crippen LogP contribution is -2.40. The van der Waals surface area contributed by atoms with Crippen molar-refractivity contribution in [3.8, 4) is 5.75 Å². The van der Waals surface area contributed by atoms with Crippen LogP contribution < -0.4 is 21.1 Å². The van der Waals surface area contributed by atoms with Gasteiger partial charge < -0.3 is 15.8 Å². The van der Waals surface area contributed by atoms with Gasteiger partial charge in [0.15, 0.2) is 0 Å². The molecule has 4 N–H and O–H groups in total. The number of primary amides is 1. The highest BCUT2D eigenvalue weighted by Gasteiger charge is 2.21. The van der Waals surface area contributed by atoms with E-state index in [2.05, 4.69) is 10.6 Å². The number of benzene rings is 2. The molecular formula is C17H19N3O3. The van der Waals surface area contributed by atoms with Gasteiger partial charge in [-0.15, -0.1) is 0 Å². The van der Waals surface area contributed by atoms with Crippen molar-refractivity contribution in [3.05, 3.63) is 60.2 Å². The first-order chi connectivity index (χ1) is 11.1. The van der Waals surface area contributed by atoms with Crippen LogP contribution in [0, 0.1) is 0 Å². The van der Waals surface area contributed by atoms with Crippen LogP contribution in [0.2, 0.25) is 0 Å². The van der Waals surface area contributed by atoms with E-state index in [0.29, 0.717) is 6.61 Å². The zero-order valence-electron chi connectivity index (χ0n) is 12.8. The number of carbonyl (C=O) groups is 2. The second-order valence-corrected chi connectivity index (χ2v) is 4.80. The summed E-state index contributed by atoms with van der Waals surface area (Å²) in [6, 6.07) is 14.7. The number of anilines is 1. The molecule has 0 fully saturated rings. The van der Waals surface area contributed by atoms with Gasteiger partial charge in [0.05, 0.1) is 6.61 Å². The van der Waals surface area contributed by atoms with Crippen LogP contribution in [0.25, 0.3) is 0 Å². The first-order valence-electron chi connectivity index (χ1n) is 7.24. The number of hydrogen-bond donors (Lipinski definition) is 3. The Kier molecular flexibility index (Phi) is 5.57. The molecule has 0 saturated carbocycles. The molecule has 2 aromatic rings. The van der Waals surface area contributed by atoms with Gasteiger partial charge in [-0.05, 0) is 36.8 Å². The lowest BCUT2D eigenvalue weighted by atomic mass is 10.1. The van der Waals surface area contributed by atoms with Crippen molar-refractivity contribution in [2.24, 2.45) is 5.73 Å². The quantitative estimate of drug-likeness (QED) is 0.763. The predicted octanol–water partition coefficient (Wildman–Crippen LogP) is 2.43. The molecule has 0 aliphatic rings. The number of ether oxygens (including phenoxy) is 1. The van der Waals surface area contributed by atoms with Crippen molar-refractivity contribution < 1.29 is 14.3 Å². The van der Waals surface area contributed by atoms with Gasteiger partial charge in [-0.2, -0.15) is 0 Å². The second kappa shape index (κ2) is 7.84. The molecule has 6 heteroatoms. The fraction of sp³-hybridized carbons (Fsp3) is 0.176. The van der Waals surface area contributed by atoms with Crippen molar-refractivity contribution in [2.75, 3.05) is 11.9 Å². The Morgan fingerprint density at radius 3 is 2.30 bits per heavy atom. The summed E-state index contributed by atoms with van der Waals surface area (Å²) >= 11 is 0. The molecule has 0 saturated heterocycles. The van der Waals surface area contributed by atoms with E-state index in [4.69, 9.17) is 10.5 Å². The molecule has 1 atom stereocenters. The number of amides is 3. The van der Waals surface area contributed by atoms with E-state index in [9.17, 15) is 9.59 Å². The molecule has 0 heterocycles. The topological polar surface area (TPSA) is 93.4 Å². The van der Waals surface area contributed by atoms with E-state index in [0.717, 1.165) is 17.0 Å². The summed E-state index contributed by atoms with van der Waals surface area (Å²) in [4.78, 5) is 23.2. The minimum absolute atomic E-state index is 0.516. The molecule has 23 heavy (non-hydrogen) atoms. The third-order valence-electron chi connectivity index (χ3n) is 3.12. The third kappa shape index (κ3) is 4.74. The minimum atomic E-state index is -0.885.